The highest BCUT2D eigenvalue weighted by molar-refractivity contribution is 5.76. The van der Waals surface area contributed by atoms with Gasteiger partial charge in [0.25, 0.3) is 0 Å². The second-order valence-electron chi connectivity index (χ2n) is 5.49. The van der Waals surface area contributed by atoms with E-state index in [1.54, 1.807) is 18.6 Å². The van der Waals surface area contributed by atoms with Crippen molar-refractivity contribution >= 4 is 5.91 Å². The minimum atomic E-state index is 0.142. The summed E-state index contributed by atoms with van der Waals surface area (Å²) in [6.07, 6.45) is 6.14. The maximum absolute atomic E-state index is 12.3. The first-order valence-corrected chi connectivity index (χ1v) is 7.56. The normalized spacial score (nSPS) is 18.6. The molecule has 7 nitrogen and oxygen atoms in total. The Morgan fingerprint density at radius 1 is 1.55 bits per heavy atom. The standard InChI is InChI=1S/C15H20N4O3/c1-16-12-3-2-7-19(9-12)14(20)5-4-13-17-15(18-22-13)11-6-8-21-10-11/h6,8,10,12,16H,2-5,7,9H2,1H3. The van der Waals surface area contributed by atoms with E-state index in [4.69, 9.17) is 8.94 Å². The van der Waals surface area contributed by atoms with Gasteiger partial charge in [0.05, 0.1) is 11.8 Å². The van der Waals surface area contributed by atoms with Crippen LogP contribution in [0, 0.1) is 0 Å². The Kier molecular flexibility index (Phi) is 4.53. The summed E-state index contributed by atoms with van der Waals surface area (Å²) in [7, 11) is 1.94. The number of piperidine rings is 1. The van der Waals surface area contributed by atoms with Crippen molar-refractivity contribution in [3.8, 4) is 11.4 Å². The van der Waals surface area contributed by atoms with Gasteiger partial charge in [-0.3, -0.25) is 4.79 Å². The number of carbonyl (C=O) groups is 1. The molecule has 1 unspecified atom stereocenters. The Hall–Kier alpha value is -2.15. The van der Waals surface area contributed by atoms with Gasteiger partial charge in [0, 0.05) is 32.0 Å². The van der Waals surface area contributed by atoms with Crippen LogP contribution in [0.1, 0.15) is 25.2 Å². The summed E-state index contributed by atoms with van der Waals surface area (Å²) in [6, 6.07) is 2.17. The van der Waals surface area contributed by atoms with Crippen molar-refractivity contribution in [3.63, 3.8) is 0 Å². The van der Waals surface area contributed by atoms with E-state index in [-0.39, 0.29) is 5.91 Å². The van der Waals surface area contributed by atoms with E-state index in [0.29, 0.717) is 30.6 Å². The van der Waals surface area contributed by atoms with Crippen molar-refractivity contribution < 1.29 is 13.7 Å². The highest BCUT2D eigenvalue weighted by atomic mass is 16.5. The van der Waals surface area contributed by atoms with Crippen molar-refractivity contribution in [1.82, 2.24) is 20.4 Å². The molecule has 1 amide bonds. The van der Waals surface area contributed by atoms with Crippen molar-refractivity contribution in [2.75, 3.05) is 20.1 Å². The fourth-order valence-electron chi connectivity index (χ4n) is 2.68. The summed E-state index contributed by atoms with van der Waals surface area (Å²) in [5, 5.41) is 7.13. The number of hydrogen-bond acceptors (Lipinski definition) is 6. The lowest BCUT2D eigenvalue weighted by atomic mass is 10.1. The predicted molar refractivity (Wildman–Crippen MR) is 79.0 cm³/mol. The summed E-state index contributed by atoms with van der Waals surface area (Å²) < 4.78 is 10.2. The highest BCUT2D eigenvalue weighted by Gasteiger charge is 2.22. The molecule has 1 saturated heterocycles. The molecule has 1 aliphatic rings. The smallest absolute Gasteiger partial charge is 0.227 e. The lowest BCUT2D eigenvalue weighted by Crippen LogP contribution is -2.47. The molecule has 2 aromatic rings. The van der Waals surface area contributed by atoms with Gasteiger partial charge in [0.2, 0.25) is 17.6 Å². The number of carbonyl (C=O) groups excluding carboxylic acids is 1. The van der Waals surface area contributed by atoms with E-state index >= 15 is 0 Å². The molecule has 1 atom stereocenters. The minimum Gasteiger partial charge on any atom is -0.472 e. The Bertz CT molecular complexity index is 608. The quantitative estimate of drug-likeness (QED) is 0.900. The second kappa shape index (κ2) is 6.74. The van der Waals surface area contributed by atoms with E-state index in [1.807, 2.05) is 11.9 Å². The van der Waals surface area contributed by atoms with Gasteiger partial charge in [0.1, 0.15) is 6.26 Å². The maximum atomic E-state index is 12.3. The van der Waals surface area contributed by atoms with Crippen molar-refractivity contribution in [1.29, 1.82) is 0 Å². The summed E-state index contributed by atoms with van der Waals surface area (Å²) in [4.78, 5) is 18.5. The molecule has 2 aromatic heterocycles. The molecule has 0 aliphatic carbocycles. The predicted octanol–water partition coefficient (Wildman–Crippen LogP) is 1.47. The summed E-state index contributed by atoms with van der Waals surface area (Å²) in [5.41, 5.74) is 0.772. The number of aromatic nitrogens is 2. The first-order chi connectivity index (χ1) is 10.8. The molecule has 22 heavy (non-hydrogen) atoms. The zero-order chi connectivity index (χ0) is 15.4. The van der Waals surface area contributed by atoms with E-state index in [1.165, 1.54) is 0 Å². The monoisotopic (exact) mass is 304 g/mol. The Morgan fingerprint density at radius 2 is 2.45 bits per heavy atom. The number of hydrogen-bond donors (Lipinski definition) is 1. The number of nitrogens with one attached hydrogen (secondary N) is 1. The largest absolute Gasteiger partial charge is 0.472 e. The van der Waals surface area contributed by atoms with Crippen LogP contribution in [0.15, 0.2) is 27.5 Å². The minimum absolute atomic E-state index is 0.142. The number of nitrogens with zero attached hydrogens (tertiary/aromatic N) is 3. The lowest BCUT2D eigenvalue weighted by Gasteiger charge is -2.32. The molecular weight excluding hydrogens is 284 g/mol. The number of furan rings is 1. The molecule has 3 heterocycles. The van der Waals surface area contributed by atoms with Crippen molar-refractivity contribution in [2.45, 2.75) is 31.7 Å². The van der Waals surface area contributed by atoms with E-state index in [9.17, 15) is 4.79 Å². The first-order valence-electron chi connectivity index (χ1n) is 7.56. The van der Waals surface area contributed by atoms with Crippen LogP contribution >= 0.6 is 0 Å². The number of aryl methyl sites for hydroxylation is 1. The maximum Gasteiger partial charge on any atom is 0.227 e. The van der Waals surface area contributed by atoms with Crippen LogP contribution in [0.4, 0.5) is 0 Å². The van der Waals surface area contributed by atoms with Gasteiger partial charge in [-0.2, -0.15) is 4.98 Å². The van der Waals surface area contributed by atoms with Crippen LogP contribution in [0.2, 0.25) is 0 Å². The molecule has 3 rings (SSSR count). The van der Waals surface area contributed by atoms with Crippen LogP contribution in [0.3, 0.4) is 0 Å². The number of likely N-dealkylation sites (N-methyl/N-ethyl adjacent to an activating group) is 1. The van der Waals surface area contributed by atoms with Gasteiger partial charge in [-0.25, -0.2) is 0 Å². The van der Waals surface area contributed by atoms with Gasteiger partial charge in [0.15, 0.2) is 0 Å². The number of rotatable bonds is 5. The Balaban J connectivity index is 1.53. The van der Waals surface area contributed by atoms with E-state index in [0.717, 1.165) is 31.5 Å². The molecule has 0 saturated carbocycles. The molecule has 1 fully saturated rings. The van der Waals surface area contributed by atoms with Crippen LogP contribution in [0.5, 0.6) is 0 Å². The molecule has 118 valence electrons. The summed E-state index contributed by atoms with van der Waals surface area (Å²) in [5.74, 6) is 1.11. The summed E-state index contributed by atoms with van der Waals surface area (Å²) >= 11 is 0. The van der Waals surface area contributed by atoms with E-state index < -0.39 is 0 Å². The van der Waals surface area contributed by atoms with Gasteiger partial charge in [-0.15, -0.1) is 0 Å². The third-order valence-electron chi connectivity index (χ3n) is 3.98. The highest BCUT2D eigenvalue weighted by Crippen LogP contribution is 2.17. The average molecular weight is 304 g/mol. The van der Waals surface area contributed by atoms with Crippen LogP contribution in [0.25, 0.3) is 11.4 Å². The Labute approximate surface area is 128 Å². The fourth-order valence-corrected chi connectivity index (χ4v) is 2.68. The molecule has 0 aromatic carbocycles. The first kappa shape index (κ1) is 14.8. The SMILES string of the molecule is CNC1CCCN(C(=O)CCc2nc(-c3ccoc3)no2)C1. The Morgan fingerprint density at radius 3 is 3.23 bits per heavy atom. The molecule has 1 aliphatic heterocycles. The van der Waals surface area contributed by atoms with Gasteiger partial charge < -0.3 is 19.2 Å². The molecule has 0 spiro atoms. The van der Waals surface area contributed by atoms with Crippen LogP contribution < -0.4 is 5.32 Å². The molecule has 0 radical (unpaired) electrons. The van der Waals surface area contributed by atoms with Gasteiger partial charge in [-0.05, 0) is 26.0 Å². The van der Waals surface area contributed by atoms with Crippen molar-refractivity contribution in [2.24, 2.45) is 0 Å². The van der Waals surface area contributed by atoms with Crippen molar-refractivity contribution in [3.05, 3.63) is 24.5 Å². The topological polar surface area (TPSA) is 84.4 Å². The summed E-state index contributed by atoms with van der Waals surface area (Å²) in [6.45, 7) is 1.61. The molecular formula is C15H20N4O3. The number of amides is 1. The number of likely N-dealkylation sites (tertiary alicyclic amines) is 1. The van der Waals surface area contributed by atoms with Gasteiger partial charge in [-0.1, -0.05) is 5.16 Å². The zero-order valence-corrected chi connectivity index (χ0v) is 12.6. The zero-order valence-electron chi connectivity index (χ0n) is 12.6. The third kappa shape index (κ3) is 3.36. The van der Waals surface area contributed by atoms with E-state index in [2.05, 4.69) is 15.5 Å². The second-order valence-corrected chi connectivity index (χ2v) is 5.49. The molecule has 7 heteroatoms. The molecule has 1 N–H and O–H groups in total. The van der Waals surface area contributed by atoms with Crippen LogP contribution in [-0.4, -0.2) is 47.1 Å². The average Bonchev–Trinajstić information content (AvgIpc) is 3.23. The lowest BCUT2D eigenvalue weighted by molar-refractivity contribution is -0.132. The van der Waals surface area contributed by atoms with Gasteiger partial charge >= 0.3 is 0 Å². The fraction of sp³-hybridized carbons (Fsp3) is 0.533. The molecule has 0 bridgehead atoms. The third-order valence-corrected chi connectivity index (χ3v) is 3.98. The van der Waals surface area contributed by atoms with Crippen LogP contribution in [-0.2, 0) is 11.2 Å².